The van der Waals surface area contributed by atoms with E-state index in [2.05, 4.69) is 57.3 Å². The van der Waals surface area contributed by atoms with Crippen molar-refractivity contribution in [1.82, 2.24) is 0 Å². The van der Waals surface area contributed by atoms with E-state index in [1.165, 1.54) is 0 Å². The first-order valence-electron chi connectivity index (χ1n) is 2.03. The molecular weight excluding hydrogens is 326 g/mol. The fourth-order valence-corrected chi connectivity index (χ4v) is 0.971. The predicted octanol–water partition coefficient (Wildman–Crippen LogP) is 2.50. The summed E-state index contributed by atoms with van der Waals surface area (Å²) in [5, 5.41) is 0. The molecular formula is C6H2I2. The van der Waals surface area contributed by atoms with Gasteiger partial charge in [0.25, 0.3) is 0 Å². The van der Waals surface area contributed by atoms with Gasteiger partial charge in [0.1, 0.15) is 0 Å². The van der Waals surface area contributed by atoms with Crippen molar-refractivity contribution in [3.63, 3.8) is 0 Å². The van der Waals surface area contributed by atoms with Gasteiger partial charge in [-0.2, -0.15) is 0 Å². The van der Waals surface area contributed by atoms with E-state index in [4.69, 9.17) is 0 Å². The minimum atomic E-state index is 1.11. The Balaban J connectivity index is 3.03. The first-order valence-corrected chi connectivity index (χ1v) is 4.19. The summed E-state index contributed by atoms with van der Waals surface area (Å²) in [5.74, 6) is 0. The number of benzene rings is 1. The predicted molar refractivity (Wildman–Crippen MR) is 49.5 cm³/mol. The maximum Gasteiger partial charge on any atom is 0.0216 e. The largest absolute Gasteiger partial charge is 0.0436 e. The zero-order valence-corrected chi connectivity index (χ0v) is 8.23. The van der Waals surface area contributed by atoms with E-state index in [0.717, 1.165) is 7.14 Å². The lowest BCUT2D eigenvalue weighted by molar-refractivity contribution is 1.57. The summed E-state index contributed by atoms with van der Waals surface area (Å²) in [7, 11) is 0. The molecule has 0 fully saturated rings. The summed E-state index contributed by atoms with van der Waals surface area (Å²) in [4.78, 5) is 0. The van der Waals surface area contributed by atoms with Gasteiger partial charge in [-0.05, 0) is 69.4 Å². The SMILES string of the molecule is Ic1[c]cc(I)[c]c1. The van der Waals surface area contributed by atoms with Crippen molar-refractivity contribution >= 4 is 45.2 Å². The summed E-state index contributed by atoms with van der Waals surface area (Å²) < 4.78 is 2.23. The van der Waals surface area contributed by atoms with E-state index in [1.54, 1.807) is 0 Å². The summed E-state index contributed by atoms with van der Waals surface area (Å²) in [6.45, 7) is 0. The van der Waals surface area contributed by atoms with Crippen LogP contribution in [0.15, 0.2) is 12.1 Å². The second-order valence-corrected chi connectivity index (χ2v) is 3.60. The van der Waals surface area contributed by atoms with E-state index in [9.17, 15) is 0 Å². The average molecular weight is 328 g/mol. The van der Waals surface area contributed by atoms with Crippen LogP contribution in [0.4, 0.5) is 0 Å². The van der Waals surface area contributed by atoms with Gasteiger partial charge in [0.15, 0.2) is 0 Å². The normalized spacial score (nSPS) is 9.25. The van der Waals surface area contributed by atoms with Gasteiger partial charge in [-0.1, -0.05) is 0 Å². The molecule has 0 aliphatic carbocycles. The lowest BCUT2D eigenvalue weighted by atomic mass is 10.4. The van der Waals surface area contributed by atoms with Crippen LogP contribution in [-0.2, 0) is 0 Å². The molecule has 0 amide bonds. The third kappa shape index (κ3) is 1.89. The van der Waals surface area contributed by atoms with Gasteiger partial charge in [-0.25, -0.2) is 0 Å². The van der Waals surface area contributed by atoms with E-state index in [1.807, 2.05) is 12.1 Å². The Morgan fingerprint density at radius 1 is 1.00 bits per heavy atom. The molecule has 0 spiro atoms. The molecule has 1 aromatic carbocycles. The molecule has 0 aromatic heterocycles. The molecule has 0 bridgehead atoms. The maximum atomic E-state index is 3.05. The zero-order valence-electron chi connectivity index (χ0n) is 3.91. The molecule has 0 atom stereocenters. The van der Waals surface area contributed by atoms with E-state index in [-0.39, 0.29) is 0 Å². The van der Waals surface area contributed by atoms with Crippen molar-refractivity contribution in [2.75, 3.05) is 0 Å². The van der Waals surface area contributed by atoms with Gasteiger partial charge in [0.2, 0.25) is 0 Å². The van der Waals surface area contributed by atoms with Gasteiger partial charge in [0.05, 0.1) is 0 Å². The second kappa shape index (κ2) is 3.00. The Hall–Kier alpha value is 0.680. The number of hydrogen-bond acceptors (Lipinski definition) is 0. The Kier molecular flexibility index (Phi) is 2.55. The van der Waals surface area contributed by atoms with E-state index < -0.39 is 0 Å². The Bertz CT molecular complexity index is 145. The van der Waals surface area contributed by atoms with Crippen LogP contribution in [-0.4, -0.2) is 0 Å². The molecule has 0 aliphatic rings. The first-order chi connectivity index (χ1) is 3.79. The molecule has 0 N–H and O–H groups in total. The fraction of sp³-hybridized carbons (Fsp3) is 0. The molecule has 0 nitrogen and oxygen atoms in total. The summed E-state index contributed by atoms with van der Waals surface area (Å²) in [5.41, 5.74) is 0. The fourth-order valence-electron chi connectivity index (χ4n) is 0.348. The van der Waals surface area contributed by atoms with Crippen LogP contribution in [0.25, 0.3) is 0 Å². The Morgan fingerprint density at radius 3 is 1.62 bits per heavy atom. The van der Waals surface area contributed by atoms with Crippen molar-refractivity contribution in [2.24, 2.45) is 0 Å². The highest BCUT2D eigenvalue weighted by atomic mass is 127. The second-order valence-electron chi connectivity index (χ2n) is 1.27. The highest BCUT2D eigenvalue weighted by Gasteiger charge is 1.84. The topological polar surface area (TPSA) is 0 Å². The minimum absolute atomic E-state index is 1.11. The molecule has 0 saturated carbocycles. The summed E-state index contributed by atoms with van der Waals surface area (Å²) >= 11 is 4.41. The number of halogens is 2. The quantitative estimate of drug-likeness (QED) is 0.642. The molecule has 2 heteroatoms. The third-order valence-corrected chi connectivity index (χ3v) is 1.92. The van der Waals surface area contributed by atoms with Crippen LogP contribution in [0.1, 0.15) is 0 Å². The third-order valence-electron chi connectivity index (χ3n) is 0.674. The number of hydrogen-bond donors (Lipinski definition) is 0. The smallest absolute Gasteiger partial charge is 0.0216 e. The van der Waals surface area contributed by atoms with Gasteiger partial charge in [-0.3, -0.25) is 0 Å². The molecule has 8 heavy (non-hydrogen) atoms. The summed E-state index contributed by atoms with van der Waals surface area (Å²) in [6.07, 6.45) is 0. The molecule has 1 aromatic rings. The van der Waals surface area contributed by atoms with Gasteiger partial charge in [0, 0.05) is 7.14 Å². The van der Waals surface area contributed by atoms with Crippen LogP contribution in [0.5, 0.6) is 0 Å². The molecule has 0 saturated heterocycles. The van der Waals surface area contributed by atoms with Crippen molar-refractivity contribution in [3.8, 4) is 0 Å². The standard InChI is InChI=1S/C6H2I2/c7-5-1-2-6(8)4-3-5/h1,4H. The van der Waals surface area contributed by atoms with Crippen molar-refractivity contribution in [2.45, 2.75) is 0 Å². The van der Waals surface area contributed by atoms with Crippen LogP contribution in [0, 0.1) is 19.3 Å². The minimum Gasteiger partial charge on any atom is -0.0436 e. The number of rotatable bonds is 0. The first kappa shape index (κ1) is 6.80. The van der Waals surface area contributed by atoms with Crippen LogP contribution in [0.3, 0.4) is 0 Å². The average Bonchev–Trinajstić information content (AvgIpc) is 1.77. The zero-order chi connectivity index (χ0) is 5.98. The molecule has 1 rings (SSSR count). The lowest BCUT2D eigenvalue weighted by Crippen LogP contribution is -1.71. The molecule has 0 aliphatic heterocycles. The van der Waals surface area contributed by atoms with Crippen LogP contribution >= 0.6 is 45.2 Å². The van der Waals surface area contributed by atoms with E-state index in [0.29, 0.717) is 0 Å². The van der Waals surface area contributed by atoms with Crippen molar-refractivity contribution < 1.29 is 0 Å². The van der Waals surface area contributed by atoms with Crippen molar-refractivity contribution in [3.05, 3.63) is 31.4 Å². The van der Waals surface area contributed by atoms with Crippen LogP contribution in [0.2, 0.25) is 0 Å². The van der Waals surface area contributed by atoms with Crippen LogP contribution < -0.4 is 0 Å². The lowest BCUT2D eigenvalue weighted by Gasteiger charge is -1.85. The Morgan fingerprint density at radius 2 is 1.38 bits per heavy atom. The van der Waals surface area contributed by atoms with Gasteiger partial charge < -0.3 is 0 Å². The Labute approximate surface area is 76.0 Å². The highest BCUT2D eigenvalue weighted by molar-refractivity contribution is 14.1. The van der Waals surface area contributed by atoms with Gasteiger partial charge in [-0.15, -0.1) is 0 Å². The molecule has 2 radical (unpaired) electrons. The highest BCUT2D eigenvalue weighted by Crippen LogP contribution is 2.06. The molecule has 40 valence electrons. The molecule has 0 unspecified atom stereocenters. The van der Waals surface area contributed by atoms with E-state index >= 15 is 0 Å². The monoisotopic (exact) mass is 328 g/mol. The van der Waals surface area contributed by atoms with Gasteiger partial charge >= 0.3 is 0 Å². The van der Waals surface area contributed by atoms with Crippen molar-refractivity contribution in [1.29, 1.82) is 0 Å². The molecule has 0 heterocycles. The summed E-state index contributed by atoms with van der Waals surface area (Å²) in [6, 6.07) is 9.93. The maximum absolute atomic E-state index is 3.05.